The van der Waals surface area contributed by atoms with E-state index in [1.807, 2.05) is 6.07 Å². The first-order valence-corrected chi connectivity index (χ1v) is 6.23. The molecule has 0 bridgehead atoms. The van der Waals surface area contributed by atoms with Crippen LogP contribution in [0.5, 0.6) is 0 Å². The molecule has 0 atom stereocenters. The zero-order chi connectivity index (χ0) is 5.70. The normalized spacial score (nSPS) is 8.86. The molecule has 0 rings (SSSR count). The first-order chi connectivity index (χ1) is 3.27. The molecule has 0 aliphatic rings. The number of halogens is 2. The maximum Gasteiger partial charge on any atom is 0.238 e. The third-order valence-electron chi connectivity index (χ3n) is 0.474. The SMILES string of the molecule is N#CCC[SiH](Cl)Cl. The van der Waals surface area contributed by atoms with Crippen molar-refractivity contribution in [3.05, 3.63) is 0 Å². The zero-order valence-electron chi connectivity index (χ0n) is 3.69. The van der Waals surface area contributed by atoms with Crippen molar-refractivity contribution in [2.75, 3.05) is 0 Å². The van der Waals surface area contributed by atoms with Gasteiger partial charge in [-0.25, -0.2) is 0 Å². The van der Waals surface area contributed by atoms with Crippen LogP contribution in [0.3, 0.4) is 0 Å². The summed E-state index contributed by atoms with van der Waals surface area (Å²) in [6.45, 7) is 0. The van der Waals surface area contributed by atoms with Gasteiger partial charge in [-0.3, -0.25) is 0 Å². The lowest BCUT2D eigenvalue weighted by atomic mass is 10.6. The van der Waals surface area contributed by atoms with Crippen molar-refractivity contribution in [1.82, 2.24) is 0 Å². The van der Waals surface area contributed by atoms with E-state index in [2.05, 4.69) is 0 Å². The van der Waals surface area contributed by atoms with Crippen molar-refractivity contribution < 1.29 is 0 Å². The molecule has 0 amide bonds. The van der Waals surface area contributed by atoms with Crippen LogP contribution >= 0.6 is 22.2 Å². The highest BCUT2D eigenvalue weighted by Crippen LogP contribution is 2.04. The molecule has 0 fully saturated rings. The van der Waals surface area contributed by atoms with Crippen molar-refractivity contribution in [2.24, 2.45) is 0 Å². The molecule has 0 aromatic rings. The summed E-state index contributed by atoms with van der Waals surface area (Å²) < 4.78 is 0. The predicted octanol–water partition coefficient (Wildman–Crippen LogP) is 1.60. The second kappa shape index (κ2) is 4.45. The highest BCUT2D eigenvalue weighted by Gasteiger charge is 1.97. The fourth-order valence-electron chi connectivity index (χ4n) is 0.174. The maximum atomic E-state index is 7.97. The van der Waals surface area contributed by atoms with Crippen LogP contribution in [0.4, 0.5) is 0 Å². The Morgan fingerprint density at radius 1 is 1.57 bits per heavy atom. The third kappa shape index (κ3) is 6.29. The maximum absolute atomic E-state index is 7.97. The molecule has 0 spiro atoms. The number of hydrogen-bond donors (Lipinski definition) is 0. The first-order valence-electron chi connectivity index (χ1n) is 1.92. The topological polar surface area (TPSA) is 23.8 Å². The van der Waals surface area contributed by atoms with E-state index in [0.717, 1.165) is 0 Å². The Bertz CT molecular complexity index is 77.5. The Morgan fingerprint density at radius 2 is 2.14 bits per heavy atom. The van der Waals surface area contributed by atoms with E-state index >= 15 is 0 Å². The van der Waals surface area contributed by atoms with Crippen molar-refractivity contribution >= 4 is 29.6 Å². The number of nitrogens with zero attached hydrogens (tertiary/aromatic N) is 1. The van der Waals surface area contributed by atoms with E-state index in [0.29, 0.717) is 12.5 Å². The van der Waals surface area contributed by atoms with Crippen molar-refractivity contribution in [2.45, 2.75) is 12.5 Å². The molecule has 0 radical (unpaired) electrons. The van der Waals surface area contributed by atoms with Crippen LogP contribution in [-0.4, -0.2) is 7.42 Å². The summed E-state index contributed by atoms with van der Waals surface area (Å²) in [6, 6.07) is 2.67. The minimum Gasteiger partial charge on any atom is -0.198 e. The molecule has 0 aliphatic carbocycles. The lowest BCUT2D eigenvalue weighted by Crippen LogP contribution is -1.88. The van der Waals surface area contributed by atoms with Gasteiger partial charge in [0.25, 0.3) is 0 Å². The van der Waals surface area contributed by atoms with Crippen LogP contribution in [0.25, 0.3) is 0 Å². The fraction of sp³-hybridized carbons (Fsp3) is 0.667. The first kappa shape index (κ1) is 7.29. The predicted molar refractivity (Wildman–Crippen MR) is 33.9 cm³/mol. The molecule has 0 saturated heterocycles. The fourth-order valence-corrected chi connectivity index (χ4v) is 1.18. The molecular formula is C3H5Cl2NSi. The Labute approximate surface area is 53.9 Å². The van der Waals surface area contributed by atoms with Gasteiger partial charge in [-0.15, -0.1) is 0 Å². The van der Waals surface area contributed by atoms with Crippen LogP contribution in [0.1, 0.15) is 6.42 Å². The molecule has 40 valence electrons. The van der Waals surface area contributed by atoms with Gasteiger partial charge >= 0.3 is 0 Å². The average Bonchev–Trinajstić information content (AvgIpc) is 1.61. The summed E-state index contributed by atoms with van der Waals surface area (Å²) >= 11 is 10.8. The van der Waals surface area contributed by atoms with Gasteiger partial charge in [-0.05, 0) is 6.04 Å². The average molecular weight is 154 g/mol. The van der Waals surface area contributed by atoms with Crippen LogP contribution in [0.15, 0.2) is 0 Å². The molecule has 0 N–H and O–H groups in total. The van der Waals surface area contributed by atoms with E-state index in [1.54, 1.807) is 0 Å². The second-order valence-corrected chi connectivity index (χ2v) is 6.28. The summed E-state index contributed by atoms with van der Waals surface area (Å²) in [5, 5.41) is 7.97. The van der Waals surface area contributed by atoms with E-state index in [-0.39, 0.29) is 0 Å². The lowest BCUT2D eigenvalue weighted by Gasteiger charge is -1.86. The molecule has 0 aromatic heterocycles. The Balaban J connectivity index is 2.86. The zero-order valence-corrected chi connectivity index (χ0v) is 6.36. The summed E-state index contributed by atoms with van der Waals surface area (Å²) in [5.74, 6) is 0. The van der Waals surface area contributed by atoms with Crippen molar-refractivity contribution in [1.29, 1.82) is 5.26 Å². The number of hydrogen-bond acceptors (Lipinski definition) is 1. The Hall–Kier alpha value is 0.287. The van der Waals surface area contributed by atoms with Crippen molar-refractivity contribution in [3.8, 4) is 6.07 Å². The molecule has 0 heterocycles. The summed E-state index contributed by atoms with van der Waals surface area (Å²) in [4.78, 5) is 0. The standard InChI is InChI=1S/C3H5Cl2NSi/c4-7(5)3-1-2-6/h7H,1,3H2. The van der Waals surface area contributed by atoms with Gasteiger partial charge in [0.2, 0.25) is 7.42 Å². The lowest BCUT2D eigenvalue weighted by molar-refractivity contribution is 1.21. The quantitative estimate of drug-likeness (QED) is 0.437. The van der Waals surface area contributed by atoms with Gasteiger partial charge in [0, 0.05) is 6.42 Å². The van der Waals surface area contributed by atoms with Gasteiger partial charge in [-0.1, -0.05) is 0 Å². The molecule has 0 aliphatic heterocycles. The molecule has 0 unspecified atom stereocenters. The van der Waals surface area contributed by atoms with E-state index in [9.17, 15) is 0 Å². The molecule has 0 aromatic carbocycles. The molecule has 1 nitrogen and oxygen atoms in total. The molecule has 0 saturated carbocycles. The van der Waals surface area contributed by atoms with Gasteiger partial charge in [-0.2, -0.15) is 27.4 Å². The third-order valence-corrected chi connectivity index (χ3v) is 2.51. The van der Waals surface area contributed by atoms with Crippen LogP contribution < -0.4 is 0 Å². The van der Waals surface area contributed by atoms with E-state index < -0.39 is 7.42 Å². The summed E-state index contributed by atoms with van der Waals surface area (Å²) in [5.41, 5.74) is 0. The van der Waals surface area contributed by atoms with Gasteiger partial charge in [0.15, 0.2) is 0 Å². The second-order valence-electron chi connectivity index (χ2n) is 1.09. The Kier molecular flexibility index (Phi) is 4.63. The molecule has 4 heteroatoms. The van der Waals surface area contributed by atoms with Crippen LogP contribution in [0, 0.1) is 11.3 Å². The van der Waals surface area contributed by atoms with E-state index in [4.69, 9.17) is 27.4 Å². The van der Waals surface area contributed by atoms with Crippen LogP contribution in [-0.2, 0) is 0 Å². The monoisotopic (exact) mass is 153 g/mol. The van der Waals surface area contributed by atoms with E-state index in [1.165, 1.54) is 0 Å². The van der Waals surface area contributed by atoms with Gasteiger partial charge in [0.05, 0.1) is 6.07 Å². The number of rotatable bonds is 2. The van der Waals surface area contributed by atoms with Gasteiger partial charge < -0.3 is 0 Å². The Morgan fingerprint density at radius 3 is 2.29 bits per heavy atom. The smallest absolute Gasteiger partial charge is 0.198 e. The molecule has 7 heavy (non-hydrogen) atoms. The summed E-state index contributed by atoms with van der Waals surface area (Å²) in [6.07, 6.45) is 0.504. The molecular weight excluding hydrogens is 149 g/mol. The van der Waals surface area contributed by atoms with Gasteiger partial charge in [0.1, 0.15) is 0 Å². The highest BCUT2D eigenvalue weighted by molar-refractivity contribution is 7.33. The minimum absolute atomic E-state index is 0.504. The van der Waals surface area contributed by atoms with Crippen LogP contribution in [0.2, 0.25) is 6.04 Å². The van der Waals surface area contributed by atoms with Crippen molar-refractivity contribution in [3.63, 3.8) is 0 Å². The highest BCUT2D eigenvalue weighted by atomic mass is 35.7. The largest absolute Gasteiger partial charge is 0.238 e. The number of nitriles is 1. The minimum atomic E-state index is -1.47. The summed E-state index contributed by atoms with van der Waals surface area (Å²) in [7, 11) is -1.47.